The number of carbonyl (C=O) groups is 2. The van der Waals surface area contributed by atoms with E-state index in [0.29, 0.717) is 18.3 Å². The first kappa shape index (κ1) is 9.37. The first-order chi connectivity index (χ1) is 7.02. The van der Waals surface area contributed by atoms with E-state index in [1.54, 1.807) is 6.92 Å². The minimum atomic E-state index is -0.0703. The highest BCUT2D eigenvalue weighted by atomic mass is 16.6. The van der Waals surface area contributed by atoms with Crippen LogP contribution in [0.3, 0.4) is 0 Å². The molecule has 0 aromatic rings. The highest BCUT2D eigenvalue weighted by Crippen LogP contribution is 2.64. The molecule has 1 heterocycles. The van der Waals surface area contributed by atoms with Crippen molar-refractivity contribution in [2.75, 3.05) is 0 Å². The van der Waals surface area contributed by atoms with E-state index in [4.69, 9.17) is 4.74 Å². The maximum atomic E-state index is 11.6. The van der Waals surface area contributed by atoms with Crippen LogP contribution in [0.1, 0.15) is 33.1 Å². The highest BCUT2D eigenvalue weighted by molar-refractivity contribution is 5.79. The van der Waals surface area contributed by atoms with E-state index in [1.165, 1.54) is 0 Å². The van der Waals surface area contributed by atoms with Crippen molar-refractivity contribution in [3.63, 3.8) is 0 Å². The van der Waals surface area contributed by atoms with Crippen molar-refractivity contribution in [3.05, 3.63) is 0 Å². The van der Waals surface area contributed by atoms with Crippen molar-refractivity contribution >= 4 is 11.8 Å². The fourth-order valence-electron chi connectivity index (χ4n) is 4.15. The minimum Gasteiger partial charge on any atom is -0.461 e. The second-order valence-electron chi connectivity index (χ2n) is 5.68. The van der Waals surface area contributed by atoms with Crippen molar-refractivity contribution < 1.29 is 14.3 Å². The number of hydrogen-bond acceptors (Lipinski definition) is 3. The quantitative estimate of drug-likeness (QED) is 0.647. The van der Waals surface area contributed by atoms with Gasteiger partial charge in [-0.25, -0.2) is 0 Å². The largest absolute Gasteiger partial charge is 0.461 e. The number of rotatable bonds is 2. The van der Waals surface area contributed by atoms with Crippen molar-refractivity contribution in [1.29, 1.82) is 0 Å². The molecule has 0 spiro atoms. The van der Waals surface area contributed by atoms with Crippen molar-refractivity contribution in [2.45, 2.75) is 39.2 Å². The average Bonchev–Trinajstić information content (AvgIpc) is 2.68. The monoisotopic (exact) mass is 208 g/mol. The summed E-state index contributed by atoms with van der Waals surface area (Å²) in [4.78, 5) is 22.9. The Kier molecular flexibility index (Phi) is 1.64. The first-order valence-corrected chi connectivity index (χ1v) is 5.72. The number of fused-ring (bicyclic) bond motifs is 1. The van der Waals surface area contributed by atoms with Gasteiger partial charge in [0.05, 0.1) is 5.92 Å². The third-order valence-electron chi connectivity index (χ3n) is 4.76. The molecule has 1 aliphatic heterocycles. The topological polar surface area (TPSA) is 43.4 Å². The van der Waals surface area contributed by atoms with Crippen LogP contribution in [-0.2, 0) is 14.3 Å². The normalized spacial score (nSPS) is 50.9. The molecule has 3 heteroatoms. The van der Waals surface area contributed by atoms with Gasteiger partial charge in [0.15, 0.2) is 0 Å². The van der Waals surface area contributed by atoms with Gasteiger partial charge in [-0.15, -0.1) is 0 Å². The summed E-state index contributed by atoms with van der Waals surface area (Å²) in [6.07, 6.45) is 2.63. The number of ether oxygens (including phenoxy) is 1. The molecule has 0 amide bonds. The number of Topliss-reactive ketones (excluding diaryl/α,β-unsaturated/α-hetero) is 1. The Hall–Kier alpha value is -0.860. The van der Waals surface area contributed by atoms with Gasteiger partial charge in [-0.1, -0.05) is 6.92 Å². The molecule has 15 heavy (non-hydrogen) atoms. The van der Waals surface area contributed by atoms with E-state index in [-0.39, 0.29) is 29.2 Å². The van der Waals surface area contributed by atoms with Crippen LogP contribution >= 0.6 is 0 Å². The molecule has 5 atom stereocenters. The van der Waals surface area contributed by atoms with E-state index in [0.717, 1.165) is 12.8 Å². The van der Waals surface area contributed by atoms with Crippen LogP contribution in [0.2, 0.25) is 0 Å². The van der Waals surface area contributed by atoms with E-state index >= 15 is 0 Å². The molecular weight excluding hydrogens is 192 g/mol. The van der Waals surface area contributed by atoms with Gasteiger partial charge in [-0.3, -0.25) is 4.79 Å². The lowest BCUT2D eigenvalue weighted by atomic mass is 9.68. The van der Waals surface area contributed by atoms with E-state index in [2.05, 4.69) is 6.92 Å². The molecule has 3 rings (SSSR count). The number of esters is 1. The molecule has 3 nitrogen and oxygen atoms in total. The molecule has 1 saturated heterocycles. The third kappa shape index (κ3) is 1.01. The minimum absolute atomic E-state index is 0.0141. The zero-order valence-electron chi connectivity index (χ0n) is 9.16. The number of ketones is 1. The smallest absolute Gasteiger partial charge is 0.309 e. The van der Waals surface area contributed by atoms with Crippen LogP contribution in [0.15, 0.2) is 0 Å². The van der Waals surface area contributed by atoms with Gasteiger partial charge in [0.1, 0.15) is 11.9 Å². The van der Waals surface area contributed by atoms with Gasteiger partial charge in [-0.2, -0.15) is 0 Å². The Morgan fingerprint density at radius 1 is 1.53 bits per heavy atom. The van der Waals surface area contributed by atoms with Gasteiger partial charge < -0.3 is 9.53 Å². The highest BCUT2D eigenvalue weighted by Gasteiger charge is 2.66. The summed E-state index contributed by atoms with van der Waals surface area (Å²) < 4.78 is 5.46. The van der Waals surface area contributed by atoms with Gasteiger partial charge in [-0.05, 0) is 25.7 Å². The van der Waals surface area contributed by atoms with Crippen LogP contribution in [0, 0.1) is 23.2 Å². The molecule has 0 N–H and O–H groups in total. The third-order valence-corrected chi connectivity index (χ3v) is 4.76. The van der Waals surface area contributed by atoms with Crippen LogP contribution in [0.4, 0.5) is 0 Å². The Morgan fingerprint density at radius 2 is 2.27 bits per heavy atom. The fraction of sp³-hybridized carbons (Fsp3) is 0.833. The summed E-state index contributed by atoms with van der Waals surface area (Å²) in [5.41, 5.74) is -0.0703. The molecule has 3 fully saturated rings. The molecule has 5 unspecified atom stereocenters. The van der Waals surface area contributed by atoms with Crippen molar-refractivity contribution in [1.82, 2.24) is 0 Å². The van der Waals surface area contributed by atoms with E-state index in [9.17, 15) is 9.59 Å². The Balaban J connectivity index is 1.94. The molecule has 0 aromatic heterocycles. The second-order valence-corrected chi connectivity index (χ2v) is 5.68. The summed E-state index contributed by atoms with van der Waals surface area (Å²) in [5.74, 6) is 1.28. The molecule has 3 aliphatic rings. The van der Waals surface area contributed by atoms with Crippen LogP contribution in [0.5, 0.6) is 0 Å². The summed E-state index contributed by atoms with van der Waals surface area (Å²) in [6.45, 7) is 3.75. The van der Waals surface area contributed by atoms with Gasteiger partial charge >= 0.3 is 5.97 Å². The Morgan fingerprint density at radius 3 is 2.93 bits per heavy atom. The number of carbonyl (C=O) groups excluding carboxylic acids is 2. The van der Waals surface area contributed by atoms with Gasteiger partial charge in [0, 0.05) is 17.8 Å². The van der Waals surface area contributed by atoms with Crippen LogP contribution in [-0.4, -0.2) is 17.9 Å². The molecule has 2 saturated carbocycles. The van der Waals surface area contributed by atoms with Gasteiger partial charge in [0.2, 0.25) is 0 Å². The maximum absolute atomic E-state index is 11.6. The Labute approximate surface area is 89.2 Å². The summed E-state index contributed by atoms with van der Waals surface area (Å²) in [6, 6.07) is 0. The zero-order chi connectivity index (χ0) is 10.8. The fourth-order valence-corrected chi connectivity index (χ4v) is 4.15. The average molecular weight is 208 g/mol. The van der Waals surface area contributed by atoms with Crippen molar-refractivity contribution in [2.24, 2.45) is 23.2 Å². The zero-order valence-corrected chi connectivity index (χ0v) is 9.16. The molecule has 2 bridgehead atoms. The van der Waals surface area contributed by atoms with E-state index < -0.39 is 0 Å². The second kappa shape index (κ2) is 2.63. The SMILES string of the molecule is CC(=O)CC1(C)C2CC3C(=O)OC1C3C2. The number of hydrogen-bond donors (Lipinski definition) is 0. The predicted octanol–water partition coefficient (Wildman–Crippen LogP) is 1.55. The lowest BCUT2D eigenvalue weighted by molar-refractivity contribution is -0.147. The maximum Gasteiger partial charge on any atom is 0.309 e. The van der Waals surface area contributed by atoms with Crippen LogP contribution < -0.4 is 0 Å². The van der Waals surface area contributed by atoms with E-state index in [1.807, 2.05) is 0 Å². The molecule has 0 radical (unpaired) electrons. The Bertz CT molecular complexity index is 349. The molecular formula is C12H16O3. The molecule has 0 aromatic carbocycles. The molecule has 2 aliphatic carbocycles. The first-order valence-electron chi connectivity index (χ1n) is 5.72. The lowest BCUT2D eigenvalue weighted by Crippen LogP contribution is -2.38. The molecule has 82 valence electrons. The summed E-state index contributed by atoms with van der Waals surface area (Å²) >= 11 is 0. The van der Waals surface area contributed by atoms with Crippen LogP contribution in [0.25, 0.3) is 0 Å². The summed E-state index contributed by atoms with van der Waals surface area (Å²) in [7, 11) is 0. The van der Waals surface area contributed by atoms with Crippen molar-refractivity contribution in [3.8, 4) is 0 Å². The predicted molar refractivity (Wildman–Crippen MR) is 53.0 cm³/mol. The summed E-state index contributed by atoms with van der Waals surface area (Å²) in [5, 5.41) is 0. The lowest BCUT2D eigenvalue weighted by Gasteiger charge is -2.36. The van der Waals surface area contributed by atoms with Gasteiger partial charge in [0.25, 0.3) is 0 Å². The standard InChI is InChI=1S/C12H16O3/c1-6(13)5-12(2)7-3-8-9(4-7)11(14)15-10(8)12/h7-10H,3-5H2,1-2H3.